The van der Waals surface area contributed by atoms with Gasteiger partial charge in [-0.3, -0.25) is 4.79 Å². The molecule has 0 saturated heterocycles. The van der Waals surface area contributed by atoms with Gasteiger partial charge in [0, 0.05) is 33.2 Å². The number of halogens is 1. The number of benzene rings is 2. The average molecular weight is 328 g/mol. The molecule has 0 aliphatic heterocycles. The molecule has 0 unspecified atom stereocenters. The second-order valence-electron chi connectivity index (χ2n) is 5.08. The largest absolute Gasteiger partial charge is 0.508 e. The maximum absolute atomic E-state index is 12.0. The summed E-state index contributed by atoms with van der Waals surface area (Å²) in [5.74, 6) is -0.359. The van der Waals surface area contributed by atoms with Gasteiger partial charge in [-0.15, -0.1) is 0 Å². The number of hydrogen-bond donors (Lipinski definition) is 3. The SMILES string of the molecule is C/C(=N/NC(=O)c1cccc(O)c1)c1c[nH]c2ccc(Cl)cc12. The van der Waals surface area contributed by atoms with Gasteiger partial charge in [-0.2, -0.15) is 5.10 Å². The van der Waals surface area contributed by atoms with Crippen LogP contribution in [0, 0.1) is 0 Å². The Morgan fingerprint density at radius 3 is 2.87 bits per heavy atom. The van der Waals surface area contributed by atoms with Gasteiger partial charge in [-0.1, -0.05) is 17.7 Å². The smallest absolute Gasteiger partial charge is 0.271 e. The van der Waals surface area contributed by atoms with Gasteiger partial charge >= 0.3 is 0 Å². The van der Waals surface area contributed by atoms with Gasteiger partial charge in [0.05, 0.1) is 5.71 Å². The van der Waals surface area contributed by atoms with E-state index in [2.05, 4.69) is 15.5 Å². The van der Waals surface area contributed by atoms with E-state index >= 15 is 0 Å². The molecule has 3 rings (SSSR count). The van der Waals surface area contributed by atoms with Crippen LogP contribution in [-0.4, -0.2) is 21.7 Å². The highest BCUT2D eigenvalue weighted by Gasteiger charge is 2.09. The van der Waals surface area contributed by atoms with E-state index in [1.807, 2.05) is 18.3 Å². The summed E-state index contributed by atoms with van der Waals surface area (Å²) in [5, 5.41) is 15.1. The standard InChI is InChI=1S/C17H14ClN3O2/c1-10(15-9-19-16-6-5-12(18)8-14(15)16)20-21-17(23)11-3-2-4-13(22)7-11/h2-9,19,22H,1H3,(H,21,23)/b20-10-. The molecule has 116 valence electrons. The molecule has 6 heteroatoms. The van der Waals surface area contributed by atoms with Crippen molar-refractivity contribution in [3.05, 3.63) is 64.8 Å². The van der Waals surface area contributed by atoms with E-state index < -0.39 is 5.91 Å². The lowest BCUT2D eigenvalue weighted by Crippen LogP contribution is -2.19. The topological polar surface area (TPSA) is 77.5 Å². The Kier molecular flexibility index (Phi) is 4.04. The monoisotopic (exact) mass is 327 g/mol. The predicted molar refractivity (Wildman–Crippen MR) is 91.1 cm³/mol. The number of carbonyl (C=O) groups is 1. The minimum Gasteiger partial charge on any atom is -0.508 e. The van der Waals surface area contributed by atoms with Crippen LogP contribution < -0.4 is 5.43 Å². The summed E-state index contributed by atoms with van der Waals surface area (Å²) in [4.78, 5) is 15.2. The van der Waals surface area contributed by atoms with E-state index in [0.29, 0.717) is 16.3 Å². The Bertz CT molecular complexity index is 915. The molecule has 5 nitrogen and oxygen atoms in total. The molecule has 0 fully saturated rings. The van der Waals surface area contributed by atoms with Crippen molar-refractivity contribution in [1.82, 2.24) is 10.4 Å². The lowest BCUT2D eigenvalue weighted by atomic mass is 10.1. The fourth-order valence-electron chi connectivity index (χ4n) is 2.30. The van der Waals surface area contributed by atoms with Gasteiger partial charge in [0.15, 0.2) is 0 Å². The molecule has 2 aromatic carbocycles. The number of nitrogens with one attached hydrogen (secondary N) is 2. The van der Waals surface area contributed by atoms with E-state index in [9.17, 15) is 9.90 Å². The summed E-state index contributed by atoms with van der Waals surface area (Å²) in [6.07, 6.45) is 1.82. The summed E-state index contributed by atoms with van der Waals surface area (Å²) in [6, 6.07) is 11.6. The Hall–Kier alpha value is -2.79. The quantitative estimate of drug-likeness (QED) is 0.507. The third-order valence-electron chi connectivity index (χ3n) is 3.47. The number of carbonyl (C=O) groups excluding carboxylic acids is 1. The van der Waals surface area contributed by atoms with E-state index in [-0.39, 0.29) is 5.75 Å². The molecule has 3 aromatic rings. The van der Waals surface area contributed by atoms with Gasteiger partial charge < -0.3 is 10.1 Å². The van der Waals surface area contributed by atoms with Crippen LogP contribution in [0.3, 0.4) is 0 Å². The van der Waals surface area contributed by atoms with Gasteiger partial charge in [-0.05, 0) is 43.3 Å². The third-order valence-corrected chi connectivity index (χ3v) is 3.70. The van der Waals surface area contributed by atoms with Crippen LogP contribution >= 0.6 is 11.6 Å². The summed E-state index contributed by atoms with van der Waals surface area (Å²) in [5.41, 5.74) is 5.27. The van der Waals surface area contributed by atoms with Crippen LogP contribution in [0.25, 0.3) is 10.9 Å². The number of fused-ring (bicyclic) bond motifs is 1. The van der Waals surface area contributed by atoms with Crippen molar-refractivity contribution >= 4 is 34.1 Å². The summed E-state index contributed by atoms with van der Waals surface area (Å²) < 4.78 is 0. The summed E-state index contributed by atoms with van der Waals surface area (Å²) in [6.45, 7) is 1.80. The minimum absolute atomic E-state index is 0.0321. The highest BCUT2D eigenvalue weighted by atomic mass is 35.5. The Morgan fingerprint density at radius 2 is 2.09 bits per heavy atom. The van der Waals surface area contributed by atoms with Crippen molar-refractivity contribution in [1.29, 1.82) is 0 Å². The van der Waals surface area contributed by atoms with Gasteiger partial charge in [0.1, 0.15) is 5.75 Å². The summed E-state index contributed by atoms with van der Waals surface area (Å²) in [7, 11) is 0. The van der Waals surface area contributed by atoms with Crippen molar-refractivity contribution in [2.24, 2.45) is 5.10 Å². The predicted octanol–water partition coefficient (Wildman–Crippen LogP) is 3.68. The zero-order valence-corrected chi connectivity index (χ0v) is 13.1. The molecule has 0 atom stereocenters. The van der Waals surface area contributed by atoms with Crippen molar-refractivity contribution in [2.45, 2.75) is 6.92 Å². The van der Waals surface area contributed by atoms with Crippen molar-refractivity contribution in [3.63, 3.8) is 0 Å². The Labute approximate surface area is 137 Å². The molecule has 23 heavy (non-hydrogen) atoms. The number of hydrazone groups is 1. The van der Waals surface area contributed by atoms with Crippen LogP contribution in [0.5, 0.6) is 5.75 Å². The fourth-order valence-corrected chi connectivity index (χ4v) is 2.47. The number of rotatable bonds is 3. The number of amides is 1. The van der Waals surface area contributed by atoms with Crippen LogP contribution in [0.4, 0.5) is 0 Å². The Balaban J connectivity index is 1.84. The van der Waals surface area contributed by atoms with E-state index in [0.717, 1.165) is 16.5 Å². The third kappa shape index (κ3) is 3.19. The van der Waals surface area contributed by atoms with Crippen LogP contribution in [0.15, 0.2) is 53.8 Å². The molecule has 0 spiro atoms. The first-order valence-corrected chi connectivity index (χ1v) is 7.33. The van der Waals surface area contributed by atoms with Crippen molar-refractivity contribution in [2.75, 3.05) is 0 Å². The maximum atomic E-state index is 12.0. The lowest BCUT2D eigenvalue weighted by Gasteiger charge is -2.03. The van der Waals surface area contributed by atoms with Crippen LogP contribution in [-0.2, 0) is 0 Å². The second kappa shape index (κ2) is 6.14. The molecular weight excluding hydrogens is 314 g/mol. The lowest BCUT2D eigenvalue weighted by molar-refractivity contribution is 0.0954. The molecule has 0 radical (unpaired) electrons. The number of H-pyrrole nitrogens is 1. The van der Waals surface area contributed by atoms with Gasteiger partial charge in [0.25, 0.3) is 5.91 Å². The van der Waals surface area contributed by atoms with Crippen LogP contribution in [0.1, 0.15) is 22.8 Å². The molecule has 0 aliphatic rings. The number of aromatic nitrogens is 1. The van der Waals surface area contributed by atoms with Crippen molar-refractivity contribution in [3.8, 4) is 5.75 Å². The average Bonchev–Trinajstić information content (AvgIpc) is 2.95. The molecule has 1 aromatic heterocycles. The highest BCUT2D eigenvalue weighted by molar-refractivity contribution is 6.31. The van der Waals surface area contributed by atoms with E-state index in [1.54, 1.807) is 25.1 Å². The number of nitrogens with zero attached hydrogens (tertiary/aromatic N) is 1. The molecular formula is C17H14ClN3O2. The normalized spacial score (nSPS) is 11.7. The number of hydrogen-bond acceptors (Lipinski definition) is 3. The molecule has 1 heterocycles. The first-order chi connectivity index (χ1) is 11.0. The van der Waals surface area contributed by atoms with E-state index in [4.69, 9.17) is 11.6 Å². The van der Waals surface area contributed by atoms with Gasteiger partial charge in [-0.25, -0.2) is 5.43 Å². The maximum Gasteiger partial charge on any atom is 0.271 e. The fraction of sp³-hybridized carbons (Fsp3) is 0.0588. The molecule has 0 aliphatic carbocycles. The van der Waals surface area contributed by atoms with E-state index in [1.165, 1.54) is 12.1 Å². The molecule has 1 amide bonds. The summed E-state index contributed by atoms with van der Waals surface area (Å²) >= 11 is 6.03. The number of aromatic hydroxyl groups is 1. The zero-order valence-electron chi connectivity index (χ0n) is 12.3. The van der Waals surface area contributed by atoms with Gasteiger partial charge in [0.2, 0.25) is 0 Å². The number of phenolic OH excluding ortho intramolecular Hbond substituents is 1. The zero-order chi connectivity index (χ0) is 16.4. The number of aromatic amines is 1. The molecule has 0 bridgehead atoms. The van der Waals surface area contributed by atoms with Crippen molar-refractivity contribution < 1.29 is 9.90 Å². The molecule has 0 saturated carbocycles. The highest BCUT2D eigenvalue weighted by Crippen LogP contribution is 2.22. The first-order valence-electron chi connectivity index (χ1n) is 6.95. The van der Waals surface area contributed by atoms with Crippen LogP contribution in [0.2, 0.25) is 5.02 Å². The minimum atomic E-state index is -0.391. The number of phenols is 1. The first kappa shape index (κ1) is 15.1. The second-order valence-corrected chi connectivity index (χ2v) is 5.52. The molecule has 3 N–H and O–H groups in total. The Morgan fingerprint density at radius 1 is 1.26 bits per heavy atom.